The number of carbonyl (C=O) groups is 7. The van der Waals surface area contributed by atoms with Crippen LogP contribution in [0.25, 0.3) is 0 Å². The zero-order valence-corrected chi connectivity index (χ0v) is 25.9. The van der Waals surface area contributed by atoms with E-state index >= 15 is 0 Å². The van der Waals surface area contributed by atoms with Crippen molar-refractivity contribution in [3.8, 4) is 0 Å². The quantitative estimate of drug-likeness (QED) is 0.296. The lowest BCUT2D eigenvalue weighted by Gasteiger charge is -2.30. The van der Waals surface area contributed by atoms with Crippen molar-refractivity contribution in [3.63, 3.8) is 0 Å². The molecule has 4 atom stereocenters. The van der Waals surface area contributed by atoms with Gasteiger partial charge in [0.25, 0.3) is 5.91 Å². The number of hydrogen-bond acceptors (Lipinski definition) is 7. The van der Waals surface area contributed by atoms with Gasteiger partial charge in [0.15, 0.2) is 0 Å². The number of nitrogens with zero attached hydrogens (tertiary/aromatic N) is 3. The van der Waals surface area contributed by atoms with Gasteiger partial charge < -0.3 is 31.1 Å². The third-order valence-electron chi connectivity index (χ3n) is 7.52. The number of rotatable bonds is 7. The zero-order valence-electron chi connectivity index (χ0n) is 25.9. The third-order valence-corrected chi connectivity index (χ3v) is 7.52. The molecule has 240 valence electrons. The molecule has 0 bridgehead atoms. The van der Waals surface area contributed by atoms with Crippen LogP contribution in [0, 0.1) is 5.92 Å². The van der Waals surface area contributed by atoms with Crippen molar-refractivity contribution in [1.29, 1.82) is 0 Å². The molecule has 0 radical (unpaired) electrons. The fourth-order valence-electron chi connectivity index (χ4n) is 5.02. The highest BCUT2D eigenvalue weighted by Gasteiger charge is 2.37. The molecular formula is C30H43N7O7. The number of imide groups is 1. The highest BCUT2D eigenvalue weighted by Crippen LogP contribution is 2.12. The maximum atomic E-state index is 13.7. The van der Waals surface area contributed by atoms with Gasteiger partial charge in [0, 0.05) is 26.1 Å². The number of hydrogen-bond donors (Lipinski definition) is 4. The first-order chi connectivity index (χ1) is 20.8. The predicted octanol–water partition coefficient (Wildman–Crippen LogP) is -0.619. The van der Waals surface area contributed by atoms with Gasteiger partial charge in [-0.1, -0.05) is 51.1 Å². The number of amides is 8. The molecule has 44 heavy (non-hydrogen) atoms. The largest absolute Gasteiger partial charge is 0.350 e. The van der Waals surface area contributed by atoms with Crippen LogP contribution in [0.3, 0.4) is 0 Å². The Morgan fingerprint density at radius 3 is 2.11 bits per heavy atom. The van der Waals surface area contributed by atoms with Crippen molar-refractivity contribution < 1.29 is 33.6 Å². The van der Waals surface area contributed by atoms with Crippen LogP contribution in [-0.4, -0.2) is 114 Å². The standard InChI is InChI=1S/C30H43N7O7/c1-6-21-14-36(25(39)17-37-26(40)16-35(5)30(37)44)15-24(38)31-19(4)27(41)33-22(12-18(2)3)29(43)34-23(28(42)32-21)13-20-10-8-7-9-11-20/h7-11,18-19,21-23H,6,12-17H2,1-5H3,(H,31,38)(H,32,42)(H,33,41)(H,34,43)/t19-,21+,22+,23+/m1/s1. The third kappa shape index (κ3) is 9.25. The highest BCUT2D eigenvalue weighted by molar-refractivity contribution is 6.04. The molecule has 2 heterocycles. The fourth-order valence-corrected chi connectivity index (χ4v) is 5.02. The summed E-state index contributed by atoms with van der Waals surface area (Å²) in [5, 5.41) is 10.9. The van der Waals surface area contributed by atoms with Crippen molar-refractivity contribution in [2.24, 2.45) is 5.92 Å². The number of likely N-dealkylation sites (N-methyl/N-ethyl adjacent to an activating group) is 1. The second-order valence-corrected chi connectivity index (χ2v) is 11.7. The van der Waals surface area contributed by atoms with Crippen LogP contribution in [0.15, 0.2) is 30.3 Å². The van der Waals surface area contributed by atoms with Crippen molar-refractivity contribution in [2.45, 2.75) is 71.1 Å². The fraction of sp³-hybridized carbons (Fsp3) is 0.567. The SMILES string of the molecule is CC[C@H]1CN(C(=O)CN2C(=O)CN(C)C2=O)CC(=O)N[C@H](C)C(=O)N[C@@H](CC(C)C)C(=O)N[C@@H](Cc2ccccc2)C(=O)N1. The minimum atomic E-state index is -1.05. The molecule has 2 saturated heterocycles. The van der Waals surface area contributed by atoms with Gasteiger partial charge in [0.2, 0.25) is 29.5 Å². The van der Waals surface area contributed by atoms with Crippen LogP contribution in [0.5, 0.6) is 0 Å². The number of urea groups is 1. The summed E-state index contributed by atoms with van der Waals surface area (Å²) in [6.07, 6.45) is 0.823. The summed E-state index contributed by atoms with van der Waals surface area (Å²) in [5.74, 6) is -3.52. The maximum Gasteiger partial charge on any atom is 0.327 e. The van der Waals surface area contributed by atoms with E-state index in [9.17, 15) is 33.6 Å². The normalized spacial score (nSPS) is 24.4. The Balaban J connectivity index is 1.94. The summed E-state index contributed by atoms with van der Waals surface area (Å²) in [6.45, 7) is 5.67. The minimum Gasteiger partial charge on any atom is -0.350 e. The Morgan fingerprint density at radius 1 is 0.886 bits per heavy atom. The molecule has 1 aromatic carbocycles. The Kier molecular flexibility index (Phi) is 11.8. The van der Waals surface area contributed by atoms with Crippen LogP contribution in [0.2, 0.25) is 0 Å². The van der Waals surface area contributed by atoms with E-state index in [1.165, 1.54) is 18.9 Å². The van der Waals surface area contributed by atoms with E-state index in [0.717, 1.165) is 15.4 Å². The zero-order chi connectivity index (χ0) is 32.6. The van der Waals surface area contributed by atoms with Crippen LogP contribution >= 0.6 is 0 Å². The molecule has 0 spiro atoms. The molecule has 4 N–H and O–H groups in total. The molecule has 3 rings (SSSR count). The smallest absolute Gasteiger partial charge is 0.327 e. The summed E-state index contributed by atoms with van der Waals surface area (Å²) >= 11 is 0. The second kappa shape index (κ2) is 15.3. The molecule has 2 aliphatic rings. The van der Waals surface area contributed by atoms with Gasteiger partial charge in [-0.15, -0.1) is 0 Å². The van der Waals surface area contributed by atoms with Crippen molar-refractivity contribution in [3.05, 3.63) is 35.9 Å². The average molecular weight is 614 g/mol. The number of nitrogens with one attached hydrogen (secondary N) is 4. The molecule has 2 fully saturated rings. The first-order valence-electron chi connectivity index (χ1n) is 14.9. The first-order valence-corrected chi connectivity index (χ1v) is 14.9. The topological polar surface area (TPSA) is 177 Å². The van der Waals surface area contributed by atoms with E-state index < -0.39 is 78.7 Å². The van der Waals surface area contributed by atoms with Gasteiger partial charge in [-0.25, -0.2) is 4.79 Å². The second-order valence-electron chi connectivity index (χ2n) is 11.7. The lowest BCUT2D eigenvalue weighted by atomic mass is 10.0. The lowest BCUT2D eigenvalue weighted by molar-refractivity contribution is -0.140. The monoisotopic (exact) mass is 613 g/mol. The molecule has 0 aliphatic carbocycles. The average Bonchev–Trinajstić information content (AvgIpc) is 3.20. The van der Waals surface area contributed by atoms with Gasteiger partial charge >= 0.3 is 6.03 Å². The molecule has 8 amide bonds. The first kappa shape index (κ1) is 34.0. The summed E-state index contributed by atoms with van der Waals surface area (Å²) in [6, 6.07) is 4.84. The van der Waals surface area contributed by atoms with E-state index in [1.807, 2.05) is 44.2 Å². The molecule has 14 nitrogen and oxygen atoms in total. The molecule has 14 heteroatoms. The molecule has 1 aromatic rings. The van der Waals surface area contributed by atoms with Crippen LogP contribution in [0.1, 0.15) is 46.1 Å². The number of benzene rings is 1. The van der Waals surface area contributed by atoms with E-state index in [-0.39, 0.29) is 25.4 Å². The van der Waals surface area contributed by atoms with Crippen molar-refractivity contribution in [2.75, 3.05) is 33.2 Å². The Labute approximate surface area is 257 Å². The van der Waals surface area contributed by atoms with Gasteiger partial charge in [0.05, 0.1) is 6.54 Å². The number of carbonyl (C=O) groups excluding carboxylic acids is 7. The van der Waals surface area contributed by atoms with Gasteiger partial charge in [-0.2, -0.15) is 0 Å². The highest BCUT2D eigenvalue weighted by atomic mass is 16.2. The summed E-state index contributed by atoms with van der Waals surface area (Å²) in [5.41, 5.74) is 0.800. The summed E-state index contributed by atoms with van der Waals surface area (Å²) < 4.78 is 0. The Morgan fingerprint density at radius 2 is 1.52 bits per heavy atom. The van der Waals surface area contributed by atoms with Crippen LogP contribution in [0.4, 0.5) is 4.79 Å². The van der Waals surface area contributed by atoms with E-state index in [2.05, 4.69) is 21.3 Å². The minimum absolute atomic E-state index is 0.0256. The van der Waals surface area contributed by atoms with E-state index in [1.54, 1.807) is 6.92 Å². The van der Waals surface area contributed by atoms with Gasteiger partial charge in [0.1, 0.15) is 31.2 Å². The Bertz CT molecular complexity index is 1260. The summed E-state index contributed by atoms with van der Waals surface area (Å²) in [7, 11) is 1.44. The van der Waals surface area contributed by atoms with E-state index in [0.29, 0.717) is 12.8 Å². The van der Waals surface area contributed by atoms with Crippen molar-refractivity contribution >= 4 is 41.5 Å². The molecule has 0 saturated carbocycles. The predicted molar refractivity (Wildman–Crippen MR) is 160 cm³/mol. The lowest BCUT2D eigenvalue weighted by Crippen LogP contribution is -2.57. The summed E-state index contributed by atoms with van der Waals surface area (Å²) in [4.78, 5) is 94.5. The van der Waals surface area contributed by atoms with E-state index in [4.69, 9.17) is 0 Å². The Hall–Kier alpha value is -4.49. The van der Waals surface area contributed by atoms with Crippen LogP contribution in [-0.2, 0) is 35.2 Å². The van der Waals surface area contributed by atoms with Gasteiger partial charge in [-0.3, -0.25) is 33.7 Å². The van der Waals surface area contributed by atoms with Crippen LogP contribution < -0.4 is 21.3 Å². The molecule has 2 aliphatic heterocycles. The van der Waals surface area contributed by atoms with Crippen molar-refractivity contribution in [1.82, 2.24) is 36.0 Å². The van der Waals surface area contributed by atoms with Gasteiger partial charge in [-0.05, 0) is 31.2 Å². The molecular weight excluding hydrogens is 570 g/mol. The molecule has 0 unspecified atom stereocenters. The maximum absolute atomic E-state index is 13.7. The molecule has 0 aromatic heterocycles.